The molecular weight excluding hydrogens is 533 g/mol. The van der Waals surface area contributed by atoms with E-state index in [0.29, 0.717) is 40.7 Å². The first-order valence-corrected chi connectivity index (χ1v) is 13.6. The second kappa shape index (κ2) is 12.2. The molecule has 9 nitrogen and oxygen atoms in total. The summed E-state index contributed by atoms with van der Waals surface area (Å²) < 4.78 is 19.1. The van der Waals surface area contributed by atoms with Crippen LogP contribution in [0.4, 0.5) is 10.1 Å². The van der Waals surface area contributed by atoms with Crippen LogP contribution in [0.5, 0.6) is 5.75 Å². The second-order valence-electron chi connectivity index (χ2n) is 10.4. The number of nitrogens with one attached hydrogen (secondary N) is 4. The lowest BCUT2D eigenvalue weighted by Gasteiger charge is -2.31. The minimum Gasteiger partial charge on any atom is -0.484 e. The van der Waals surface area contributed by atoms with Crippen molar-refractivity contribution in [3.05, 3.63) is 71.1 Å². The molecule has 1 fully saturated rings. The normalized spacial score (nSPS) is 16.9. The first-order valence-electron chi connectivity index (χ1n) is 13.2. The van der Waals surface area contributed by atoms with Gasteiger partial charge in [-0.15, -0.1) is 0 Å². The average Bonchev–Trinajstić information content (AvgIpc) is 3.58. The Morgan fingerprint density at radius 3 is 2.65 bits per heavy atom. The van der Waals surface area contributed by atoms with Gasteiger partial charge >= 0.3 is 0 Å². The summed E-state index contributed by atoms with van der Waals surface area (Å²) in [6, 6.07) is 14.0. The van der Waals surface area contributed by atoms with Gasteiger partial charge in [0.25, 0.3) is 5.91 Å². The Labute approximate surface area is 237 Å². The molecule has 210 valence electrons. The number of rotatable bonds is 11. The maximum absolute atomic E-state index is 13.5. The number of imidazole rings is 1. The predicted molar refractivity (Wildman–Crippen MR) is 155 cm³/mol. The van der Waals surface area contributed by atoms with Crippen LogP contribution >= 0.6 is 11.6 Å². The van der Waals surface area contributed by atoms with E-state index >= 15 is 0 Å². The van der Waals surface area contributed by atoms with Crippen LogP contribution in [0.3, 0.4) is 0 Å². The van der Waals surface area contributed by atoms with Gasteiger partial charge in [0.2, 0.25) is 0 Å². The highest BCUT2D eigenvalue weighted by Gasteiger charge is 2.35. The number of likely N-dealkylation sites (N-methyl/N-ethyl adjacent to an activating group) is 1. The highest BCUT2D eigenvalue weighted by Crippen LogP contribution is 2.35. The molecule has 5 rings (SSSR count). The zero-order valence-electron chi connectivity index (χ0n) is 22.6. The molecule has 0 unspecified atom stereocenters. The topological polar surface area (TPSA) is 107 Å². The van der Waals surface area contributed by atoms with E-state index in [1.807, 2.05) is 43.3 Å². The molecule has 11 heteroatoms. The summed E-state index contributed by atoms with van der Waals surface area (Å²) in [6.07, 6.45) is 3.18. The Morgan fingerprint density at radius 1 is 1.18 bits per heavy atom. The van der Waals surface area contributed by atoms with Gasteiger partial charge in [0, 0.05) is 25.2 Å². The van der Waals surface area contributed by atoms with E-state index in [0.717, 1.165) is 42.9 Å². The van der Waals surface area contributed by atoms with E-state index in [2.05, 4.69) is 25.9 Å². The largest absolute Gasteiger partial charge is 0.484 e. The van der Waals surface area contributed by atoms with Gasteiger partial charge in [-0.1, -0.05) is 23.7 Å². The van der Waals surface area contributed by atoms with Crippen molar-refractivity contribution in [1.82, 2.24) is 30.5 Å². The smallest absolute Gasteiger partial charge is 0.257 e. The van der Waals surface area contributed by atoms with Crippen molar-refractivity contribution in [2.24, 2.45) is 0 Å². The number of hydrogen-bond acceptors (Lipinski definition) is 7. The van der Waals surface area contributed by atoms with E-state index in [9.17, 15) is 9.18 Å². The predicted octanol–water partition coefficient (Wildman–Crippen LogP) is 3.86. The fourth-order valence-corrected chi connectivity index (χ4v) is 5.01. The number of fused-ring (bicyclic) bond motifs is 1. The fourth-order valence-electron chi connectivity index (χ4n) is 4.82. The minimum atomic E-state index is -0.307. The van der Waals surface area contributed by atoms with Gasteiger partial charge in [-0.3, -0.25) is 4.79 Å². The van der Waals surface area contributed by atoms with Crippen LogP contribution in [0.2, 0.25) is 5.02 Å². The van der Waals surface area contributed by atoms with Crippen molar-refractivity contribution < 1.29 is 13.9 Å². The van der Waals surface area contributed by atoms with Gasteiger partial charge in [0.15, 0.2) is 12.3 Å². The number of H-pyrrole nitrogens is 1. The number of carbonyl (C=O) groups is 1. The van der Waals surface area contributed by atoms with Crippen LogP contribution in [-0.2, 0) is 11.2 Å². The molecule has 1 aliphatic heterocycles. The second-order valence-corrected chi connectivity index (χ2v) is 10.8. The number of aromatic amines is 1. The van der Waals surface area contributed by atoms with E-state index in [-0.39, 0.29) is 23.9 Å². The van der Waals surface area contributed by atoms with E-state index in [1.165, 1.54) is 12.1 Å². The number of benzene rings is 2. The van der Waals surface area contributed by atoms with Crippen molar-refractivity contribution in [2.45, 2.75) is 18.4 Å². The van der Waals surface area contributed by atoms with Crippen LogP contribution in [-0.4, -0.2) is 78.2 Å². The Bertz CT molecular complexity index is 1450. The Morgan fingerprint density at radius 2 is 1.95 bits per heavy atom. The Balaban J connectivity index is 1.31. The number of carbonyl (C=O) groups excluding carboxylic acids is 1. The van der Waals surface area contributed by atoms with Gasteiger partial charge < -0.3 is 30.6 Å². The molecule has 40 heavy (non-hydrogen) atoms. The summed E-state index contributed by atoms with van der Waals surface area (Å²) in [4.78, 5) is 26.5. The van der Waals surface area contributed by atoms with Gasteiger partial charge in [-0.2, -0.15) is 0 Å². The maximum Gasteiger partial charge on any atom is 0.257 e. The number of anilines is 1. The number of nitrogens with zero attached hydrogens (tertiary/aromatic N) is 3. The molecular formula is C29H33ClFN7O2. The molecule has 0 saturated carbocycles. The lowest BCUT2D eigenvalue weighted by atomic mass is 9.89. The van der Waals surface area contributed by atoms with Crippen LogP contribution in [0.15, 0.2) is 54.7 Å². The highest BCUT2D eigenvalue weighted by molar-refractivity contribution is 6.34. The SMILES string of the molecule is CN(C)CCNC(=O)COc1ccc(-c2nc3ncc(Cl)c(N[C@@]4(Cc5ccc(F)cc5)CCNC4)c3[nH]2)cc1. The average molecular weight is 566 g/mol. The summed E-state index contributed by atoms with van der Waals surface area (Å²) in [6.45, 7) is 2.88. The van der Waals surface area contributed by atoms with Crippen LogP contribution in [0, 0.1) is 5.82 Å². The lowest BCUT2D eigenvalue weighted by Crippen LogP contribution is -2.43. The van der Waals surface area contributed by atoms with Gasteiger partial charge in [0.1, 0.15) is 22.9 Å². The molecule has 3 heterocycles. The number of hydrogen-bond donors (Lipinski definition) is 4. The monoisotopic (exact) mass is 565 g/mol. The maximum atomic E-state index is 13.5. The zero-order valence-corrected chi connectivity index (χ0v) is 23.3. The molecule has 0 bridgehead atoms. The molecule has 4 N–H and O–H groups in total. The van der Waals surface area contributed by atoms with Crippen LogP contribution in [0.1, 0.15) is 12.0 Å². The third-order valence-corrected chi connectivity index (χ3v) is 7.23. The fraction of sp³-hybridized carbons (Fsp3) is 0.345. The molecule has 1 aliphatic rings. The van der Waals surface area contributed by atoms with Crippen molar-refractivity contribution in [1.29, 1.82) is 0 Å². The number of amides is 1. The van der Waals surface area contributed by atoms with Crippen molar-refractivity contribution in [2.75, 3.05) is 52.2 Å². The highest BCUT2D eigenvalue weighted by atomic mass is 35.5. The van der Waals surface area contributed by atoms with Gasteiger partial charge in [-0.05, 0) is 75.4 Å². The summed E-state index contributed by atoms with van der Waals surface area (Å²) in [7, 11) is 3.90. The van der Waals surface area contributed by atoms with E-state index in [4.69, 9.17) is 21.3 Å². The number of aromatic nitrogens is 3. The lowest BCUT2D eigenvalue weighted by molar-refractivity contribution is -0.123. The molecule has 2 aromatic carbocycles. The molecule has 1 amide bonds. The summed E-state index contributed by atoms with van der Waals surface area (Å²) >= 11 is 6.66. The zero-order chi connectivity index (χ0) is 28.1. The molecule has 1 saturated heterocycles. The van der Waals surface area contributed by atoms with Gasteiger partial charge in [-0.25, -0.2) is 14.4 Å². The Hall–Kier alpha value is -3.73. The molecule has 4 aromatic rings. The minimum absolute atomic E-state index is 0.0522. The van der Waals surface area contributed by atoms with Crippen LogP contribution in [0.25, 0.3) is 22.6 Å². The van der Waals surface area contributed by atoms with Crippen molar-refractivity contribution >= 4 is 34.4 Å². The molecule has 0 aliphatic carbocycles. The molecule has 1 atom stereocenters. The third kappa shape index (κ3) is 6.70. The number of ether oxygens (including phenoxy) is 1. The van der Waals surface area contributed by atoms with Gasteiger partial charge in [0.05, 0.1) is 22.4 Å². The van der Waals surface area contributed by atoms with E-state index < -0.39 is 0 Å². The number of pyridine rings is 1. The summed E-state index contributed by atoms with van der Waals surface area (Å²) in [5, 5.41) is 10.4. The van der Waals surface area contributed by atoms with Crippen molar-refractivity contribution in [3.8, 4) is 17.1 Å². The standard InChI is InChI=1S/C29H33ClFN7O2/c1-38(2)14-13-33-24(39)17-40-22-9-5-20(6-10-22)27-35-26-25(23(30)16-34-28(26)36-27)37-29(11-12-32-18-29)15-19-3-7-21(31)8-4-19/h3-10,16,32H,11-15,17-18H2,1-2H3,(H,33,39)(H2,34,35,36,37)/t29-/m1/s1. The molecule has 0 radical (unpaired) electrons. The molecule has 0 spiro atoms. The Kier molecular flexibility index (Phi) is 8.49. The summed E-state index contributed by atoms with van der Waals surface area (Å²) in [5.41, 5.74) is 3.56. The van der Waals surface area contributed by atoms with E-state index in [1.54, 1.807) is 18.3 Å². The molecule has 2 aromatic heterocycles. The summed E-state index contributed by atoms with van der Waals surface area (Å²) in [5.74, 6) is 0.807. The quantitative estimate of drug-likeness (QED) is 0.219. The first-order chi connectivity index (χ1) is 19.3. The van der Waals surface area contributed by atoms with Crippen LogP contribution < -0.4 is 20.7 Å². The third-order valence-electron chi connectivity index (χ3n) is 6.94. The number of halogens is 2. The van der Waals surface area contributed by atoms with Crippen molar-refractivity contribution in [3.63, 3.8) is 0 Å². The first kappa shape index (κ1) is 27.8.